The van der Waals surface area contributed by atoms with Gasteiger partial charge >= 0.3 is 0 Å². The molecule has 4 nitrogen and oxygen atoms in total. The summed E-state index contributed by atoms with van der Waals surface area (Å²) < 4.78 is 5.36. The van der Waals surface area contributed by atoms with Crippen molar-refractivity contribution < 1.29 is 9.53 Å². The molecule has 30 heavy (non-hydrogen) atoms. The van der Waals surface area contributed by atoms with Gasteiger partial charge in [-0.2, -0.15) is 0 Å². The molecule has 1 atom stereocenters. The fourth-order valence-corrected chi connectivity index (χ4v) is 4.82. The lowest BCUT2D eigenvalue weighted by atomic mass is 9.92. The van der Waals surface area contributed by atoms with Crippen molar-refractivity contribution in [1.29, 1.82) is 0 Å². The Kier molecular flexibility index (Phi) is 7.19. The second-order valence-electron chi connectivity index (χ2n) is 8.79. The zero-order valence-electron chi connectivity index (χ0n) is 18.2. The lowest BCUT2D eigenvalue weighted by Gasteiger charge is -2.33. The van der Waals surface area contributed by atoms with Gasteiger partial charge in [0.25, 0.3) is 0 Å². The first kappa shape index (κ1) is 21.1. The first-order valence-corrected chi connectivity index (χ1v) is 11.4. The van der Waals surface area contributed by atoms with E-state index < -0.39 is 0 Å². The summed E-state index contributed by atoms with van der Waals surface area (Å²) in [6.07, 6.45) is 4.17. The van der Waals surface area contributed by atoms with Crippen LogP contribution in [0.1, 0.15) is 36.8 Å². The van der Waals surface area contributed by atoms with Crippen LogP contribution in [0, 0.1) is 12.8 Å². The van der Waals surface area contributed by atoms with E-state index in [-0.39, 0.29) is 0 Å². The molecule has 2 aliphatic heterocycles. The van der Waals surface area contributed by atoms with Crippen LogP contribution in [-0.4, -0.2) is 55.1 Å². The predicted octanol–water partition coefficient (Wildman–Crippen LogP) is 4.51. The summed E-state index contributed by atoms with van der Waals surface area (Å²) in [4.78, 5) is 17.0. The maximum absolute atomic E-state index is 12.5. The molecule has 160 valence electrons. The number of hydrogen-bond donors (Lipinski definition) is 0. The number of nitrogens with zero attached hydrogens (tertiary/aromatic N) is 2. The summed E-state index contributed by atoms with van der Waals surface area (Å²) in [7, 11) is 0. The number of ether oxygens (including phenoxy) is 1. The molecule has 2 aromatic rings. The van der Waals surface area contributed by atoms with Crippen LogP contribution in [0.3, 0.4) is 0 Å². The number of amides is 1. The van der Waals surface area contributed by atoms with Crippen molar-refractivity contribution in [1.82, 2.24) is 9.80 Å². The number of carbonyl (C=O) groups excluding carboxylic acids is 1. The summed E-state index contributed by atoms with van der Waals surface area (Å²) >= 11 is 0. The number of carbonyl (C=O) groups is 1. The molecular formula is C26H34N2O2. The van der Waals surface area contributed by atoms with Gasteiger partial charge < -0.3 is 9.64 Å². The topological polar surface area (TPSA) is 32.8 Å². The van der Waals surface area contributed by atoms with E-state index in [1.54, 1.807) is 0 Å². The molecule has 0 unspecified atom stereocenters. The standard InChI is InChI=1S/C26H34N2O2/c1-21-6-2-3-10-25(21)24-9-4-7-23(18-24)20-27-13-5-8-22(19-27)11-12-26(29)28-14-16-30-17-15-28/h2-4,6-7,9-10,18,22H,5,8,11-17,19-20H2,1H3/t22-/m0/s1. The number of rotatable bonds is 6. The monoisotopic (exact) mass is 406 g/mol. The van der Waals surface area contributed by atoms with Gasteiger partial charge in [0.2, 0.25) is 5.91 Å². The number of piperidine rings is 1. The molecule has 2 saturated heterocycles. The lowest BCUT2D eigenvalue weighted by molar-refractivity contribution is -0.135. The molecule has 1 amide bonds. The molecule has 2 aliphatic rings. The highest BCUT2D eigenvalue weighted by Gasteiger charge is 2.23. The summed E-state index contributed by atoms with van der Waals surface area (Å²) in [5, 5.41) is 0. The van der Waals surface area contributed by atoms with Crippen molar-refractivity contribution in [2.24, 2.45) is 5.92 Å². The Hall–Kier alpha value is -2.17. The molecule has 0 saturated carbocycles. The highest BCUT2D eigenvalue weighted by Crippen LogP contribution is 2.26. The molecule has 0 aromatic heterocycles. The van der Waals surface area contributed by atoms with E-state index in [2.05, 4.69) is 60.4 Å². The van der Waals surface area contributed by atoms with Crippen LogP contribution >= 0.6 is 0 Å². The Morgan fingerprint density at radius 1 is 1.07 bits per heavy atom. The fraction of sp³-hybridized carbons (Fsp3) is 0.500. The number of aryl methyl sites for hydroxylation is 1. The second kappa shape index (κ2) is 10.2. The van der Waals surface area contributed by atoms with Gasteiger partial charge in [0.05, 0.1) is 13.2 Å². The van der Waals surface area contributed by atoms with Gasteiger partial charge in [-0.1, -0.05) is 42.5 Å². The number of morpholine rings is 1. The first-order valence-electron chi connectivity index (χ1n) is 11.4. The van der Waals surface area contributed by atoms with Crippen LogP contribution in [-0.2, 0) is 16.1 Å². The average molecular weight is 407 g/mol. The maximum atomic E-state index is 12.5. The van der Waals surface area contributed by atoms with E-state index >= 15 is 0 Å². The third-order valence-electron chi connectivity index (χ3n) is 6.52. The molecular weight excluding hydrogens is 372 g/mol. The fourth-order valence-electron chi connectivity index (χ4n) is 4.82. The van der Waals surface area contributed by atoms with Crippen LogP contribution in [0.2, 0.25) is 0 Å². The third kappa shape index (κ3) is 5.50. The normalized spacial score (nSPS) is 20.3. The largest absolute Gasteiger partial charge is 0.378 e. The average Bonchev–Trinajstić information content (AvgIpc) is 2.79. The molecule has 4 heteroatoms. The number of benzene rings is 2. The molecule has 0 aliphatic carbocycles. The molecule has 0 radical (unpaired) electrons. The minimum Gasteiger partial charge on any atom is -0.378 e. The molecule has 2 fully saturated rings. The molecule has 4 rings (SSSR count). The van der Waals surface area contributed by atoms with Crippen molar-refractivity contribution >= 4 is 5.91 Å². The van der Waals surface area contributed by atoms with Crippen molar-refractivity contribution in [3.8, 4) is 11.1 Å². The van der Waals surface area contributed by atoms with E-state index in [9.17, 15) is 4.79 Å². The van der Waals surface area contributed by atoms with Gasteiger partial charge in [-0.15, -0.1) is 0 Å². The van der Waals surface area contributed by atoms with E-state index in [0.717, 1.165) is 39.1 Å². The van der Waals surface area contributed by atoms with Crippen molar-refractivity contribution in [2.75, 3.05) is 39.4 Å². The van der Waals surface area contributed by atoms with Crippen LogP contribution in [0.5, 0.6) is 0 Å². The number of likely N-dealkylation sites (tertiary alicyclic amines) is 1. The maximum Gasteiger partial charge on any atom is 0.222 e. The summed E-state index contributed by atoms with van der Waals surface area (Å²) in [5.74, 6) is 0.935. The highest BCUT2D eigenvalue weighted by molar-refractivity contribution is 5.76. The second-order valence-corrected chi connectivity index (χ2v) is 8.79. The van der Waals surface area contributed by atoms with E-state index in [0.29, 0.717) is 31.5 Å². The van der Waals surface area contributed by atoms with Gasteiger partial charge in [0.15, 0.2) is 0 Å². The Morgan fingerprint density at radius 3 is 2.73 bits per heavy atom. The zero-order chi connectivity index (χ0) is 20.8. The first-order chi connectivity index (χ1) is 14.7. The van der Waals surface area contributed by atoms with E-state index in [1.165, 1.54) is 35.1 Å². The Labute approximate surface area is 180 Å². The quantitative estimate of drug-likeness (QED) is 0.707. The number of hydrogen-bond acceptors (Lipinski definition) is 3. The van der Waals surface area contributed by atoms with Crippen LogP contribution in [0.15, 0.2) is 48.5 Å². The van der Waals surface area contributed by atoms with Crippen LogP contribution in [0.25, 0.3) is 11.1 Å². The Bertz CT molecular complexity index is 844. The van der Waals surface area contributed by atoms with Gasteiger partial charge in [-0.05, 0) is 67.0 Å². The van der Waals surface area contributed by atoms with Crippen molar-refractivity contribution in [3.63, 3.8) is 0 Å². The van der Waals surface area contributed by atoms with Crippen molar-refractivity contribution in [2.45, 2.75) is 39.2 Å². The van der Waals surface area contributed by atoms with Crippen LogP contribution in [0.4, 0.5) is 0 Å². The van der Waals surface area contributed by atoms with Crippen molar-refractivity contribution in [3.05, 3.63) is 59.7 Å². The Morgan fingerprint density at radius 2 is 1.90 bits per heavy atom. The van der Waals surface area contributed by atoms with Crippen LogP contribution < -0.4 is 0 Å². The minimum absolute atomic E-state index is 0.307. The van der Waals surface area contributed by atoms with E-state index in [1.807, 2.05) is 4.90 Å². The zero-order valence-corrected chi connectivity index (χ0v) is 18.2. The molecule has 0 spiro atoms. The van der Waals surface area contributed by atoms with Gasteiger partial charge in [-0.3, -0.25) is 9.69 Å². The molecule has 2 heterocycles. The molecule has 0 N–H and O–H groups in total. The molecule has 2 aromatic carbocycles. The smallest absolute Gasteiger partial charge is 0.222 e. The predicted molar refractivity (Wildman–Crippen MR) is 121 cm³/mol. The summed E-state index contributed by atoms with van der Waals surface area (Å²) in [5.41, 5.74) is 5.31. The van der Waals surface area contributed by atoms with E-state index in [4.69, 9.17) is 4.74 Å². The Balaban J connectivity index is 1.31. The SMILES string of the molecule is Cc1ccccc1-c1cccc(CN2CCC[C@@H](CCC(=O)N3CCOCC3)C2)c1. The summed E-state index contributed by atoms with van der Waals surface area (Å²) in [6, 6.07) is 17.6. The lowest BCUT2D eigenvalue weighted by Crippen LogP contribution is -2.41. The third-order valence-corrected chi connectivity index (χ3v) is 6.52. The van der Waals surface area contributed by atoms with Gasteiger partial charge in [0.1, 0.15) is 0 Å². The molecule has 0 bridgehead atoms. The van der Waals surface area contributed by atoms with Gasteiger partial charge in [0, 0.05) is 32.6 Å². The highest BCUT2D eigenvalue weighted by atomic mass is 16.5. The van der Waals surface area contributed by atoms with Gasteiger partial charge in [-0.25, -0.2) is 0 Å². The summed E-state index contributed by atoms with van der Waals surface area (Å²) in [6.45, 7) is 8.31. The minimum atomic E-state index is 0.307.